The van der Waals surface area contributed by atoms with Crippen LogP contribution >= 0.6 is 0 Å². The number of hydrogen-bond acceptors (Lipinski definition) is 5. The van der Waals surface area contributed by atoms with Crippen molar-refractivity contribution in [2.24, 2.45) is 0 Å². The van der Waals surface area contributed by atoms with E-state index in [0.717, 1.165) is 30.4 Å². The first-order valence-electron chi connectivity index (χ1n) is 7.60. The van der Waals surface area contributed by atoms with Crippen molar-refractivity contribution in [3.63, 3.8) is 0 Å². The molecule has 122 valence electrons. The summed E-state index contributed by atoms with van der Waals surface area (Å²) < 4.78 is 27.7. The monoisotopic (exact) mass is 341 g/mol. The van der Waals surface area contributed by atoms with E-state index in [2.05, 4.69) is 25.3 Å². The first-order chi connectivity index (χ1) is 11.6. The smallest absolute Gasteiger partial charge is 0.261 e. The largest absolute Gasteiger partial charge is 0.280 e. The molecule has 8 heteroatoms. The van der Waals surface area contributed by atoms with Gasteiger partial charge in [-0.3, -0.25) is 4.72 Å². The molecule has 0 bridgehead atoms. The summed E-state index contributed by atoms with van der Waals surface area (Å²) in [6, 6.07) is 12.2. The van der Waals surface area contributed by atoms with Crippen LogP contribution in [-0.4, -0.2) is 29.0 Å². The summed E-state index contributed by atoms with van der Waals surface area (Å²) in [5.41, 5.74) is 3.62. The fourth-order valence-corrected chi connectivity index (χ4v) is 4.01. The summed E-state index contributed by atoms with van der Waals surface area (Å²) >= 11 is 0. The lowest BCUT2D eigenvalue weighted by Crippen LogP contribution is -2.13. The van der Waals surface area contributed by atoms with Gasteiger partial charge >= 0.3 is 0 Å². The normalized spacial score (nSPS) is 13.7. The van der Waals surface area contributed by atoms with E-state index in [-0.39, 0.29) is 0 Å². The number of aryl methyl sites for hydroxylation is 2. The third-order valence-corrected chi connectivity index (χ3v) is 5.50. The average Bonchev–Trinajstić information content (AvgIpc) is 3.26. The molecule has 7 nitrogen and oxygen atoms in total. The van der Waals surface area contributed by atoms with Crippen molar-refractivity contribution < 1.29 is 8.42 Å². The standard InChI is InChI=1S/C16H15N5O2S/c22-24(23,15-9-6-11-2-1-3-13(11)10-15)19-14-7-4-12(5-8-14)16-17-20-21-18-16/h4-10,19H,1-3H2,(H,17,18,20,21). The van der Waals surface area contributed by atoms with E-state index in [1.165, 1.54) is 5.56 Å². The van der Waals surface area contributed by atoms with Crippen LogP contribution in [0.15, 0.2) is 47.4 Å². The number of nitrogens with one attached hydrogen (secondary N) is 2. The SMILES string of the molecule is O=S(=O)(Nc1ccc(-c2nn[nH]n2)cc1)c1ccc2c(c1)CCC2. The Morgan fingerprint density at radius 1 is 1.00 bits per heavy atom. The minimum Gasteiger partial charge on any atom is -0.280 e. The van der Waals surface area contributed by atoms with Crippen molar-refractivity contribution in [2.75, 3.05) is 4.72 Å². The third kappa shape index (κ3) is 2.76. The Morgan fingerprint density at radius 3 is 2.54 bits per heavy atom. The van der Waals surface area contributed by atoms with Gasteiger partial charge in [-0.05, 0) is 72.0 Å². The molecule has 2 N–H and O–H groups in total. The fraction of sp³-hybridized carbons (Fsp3) is 0.188. The van der Waals surface area contributed by atoms with Crippen molar-refractivity contribution in [3.05, 3.63) is 53.6 Å². The molecule has 1 aliphatic carbocycles. The molecule has 2 aromatic carbocycles. The molecule has 0 unspecified atom stereocenters. The van der Waals surface area contributed by atoms with Gasteiger partial charge in [-0.1, -0.05) is 6.07 Å². The van der Waals surface area contributed by atoms with Gasteiger partial charge in [0.25, 0.3) is 10.0 Å². The second kappa shape index (κ2) is 5.72. The summed E-state index contributed by atoms with van der Waals surface area (Å²) in [5, 5.41) is 13.7. The molecule has 0 saturated carbocycles. The first-order valence-corrected chi connectivity index (χ1v) is 9.09. The maximum absolute atomic E-state index is 12.6. The summed E-state index contributed by atoms with van der Waals surface area (Å²) in [6.45, 7) is 0. The van der Waals surface area contributed by atoms with Crippen molar-refractivity contribution in [3.8, 4) is 11.4 Å². The van der Waals surface area contributed by atoms with Gasteiger partial charge in [0.1, 0.15) is 0 Å². The minimum atomic E-state index is -3.60. The predicted octanol–water partition coefficient (Wildman–Crippen LogP) is 2.16. The zero-order valence-corrected chi connectivity index (χ0v) is 13.5. The molecule has 0 atom stereocenters. The van der Waals surface area contributed by atoms with Gasteiger partial charge in [0.05, 0.1) is 4.90 Å². The Morgan fingerprint density at radius 2 is 1.79 bits per heavy atom. The number of H-pyrrole nitrogens is 1. The van der Waals surface area contributed by atoms with Gasteiger partial charge in [-0.2, -0.15) is 5.21 Å². The highest BCUT2D eigenvalue weighted by molar-refractivity contribution is 7.92. The molecule has 1 heterocycles. The Labute approximate surface area is 139 Å². The number of sulfonamides is 1. The number of tetrazole rings is 1. The van der Waals surface area contributed by atoms with E-state index in [1.54, 1.807) is 36.4 Å². The van der Waals surface area contributed by atoms with Gasteiger partial charge < -0.3 is 0 Å². The molecule has 0 saturated heterocycles. The average molecular weight is 341 g/mol. The topological polar surface area (TPSA) is 101 Å². The zero-order chi connectivity index (χ0) is 16.6. The summed E-state index contributed by atoms with van der Waals surface area (Å²) in [6.07, 6.45) is 3.06. The highest BCUT2D eigenvalue weighted by atomic mass is 32.2. The van der Waals surface area contributed by atoms with Crippen LogP contribution in [0.4, 0.5) is 5.69 Å². The number of aromatic amines is 1. The quantitative estimate of drug-likeness (QED) is 0.757. The van der Waals surface area contributed by atoms with Gasteiger partial charge in [-0.25, -0.2) is 8.42 Å². The van der Waals surface area contributed by atoms with E-state index in [4.69, 9.17) is 0 Å². The third-order valence-electron chi connectivity index (χ3n) is 4.12. The number of anilines is 1. The Bertz CT molecular complexity index is 966. The second-order valence-corrected chi connectivity index (χ2v) is 7.38. The zero-order valence-electron chi connectivity index (χ0n) is 12.7. The number of aromatic nitrogens is 4. The van der Waals surface area contributed by atoms with Gasteiger partial charge in [0, 0.05) is 11.3 Å². The molecule has 0 fully saturated rings. The van der Waals surface area contributed by atoms with Gasteiger partial charge in [0.15, 0.2) is 0 Å². The number of nitrogens with zero attached hydrogens (tertiary/aromatic N) is 3. The van der Waals surface area contributed by atoms with Crippen molar-refractivity contribution in [1.82, 2.24) is 20.6 Å². The van der Waals surface area contributed by atoms with Crippen LogP contribution in [0.2, 0.25) is 0 Å². The molecular weight excluding hydrogens is 326 g/mol. The molecule has 0 aliphatic heterocycles. The minimum absolute atomic E-state index is 0.297. The summed E-state index contributed by atoms with van der Waals surface area (Å²) in [4.78, 5) is 0.297. The van der Waals surface area contributed by atoms with Gasteiger partial charge in [-0.15, -0.1) is 10.2 Å². The van der Waals surface area contributed by atoms with Crippen LogP contribution in [0, 0.1) is 0 Å². The molecule has 4 rings (SSSR count). The molecular formula is C16H15N5O2S. The molecule has 24 heavy (non-hydrogen) atoms. The summed E-state index contributed by atoms with van der Waals surface area (Å²) in [5.74, 6) is 0.461. The van der Waals surface area contributed by atoms with Crippen LogP contribution in [0.1, 0.15) is 17.5 Å². The molecule has 1 aliphatic rings. The van der Waals surface area contributed by atoms with Crippen molar-refractivity contribution >= 4 is 15.7 Å². The predicted molar refractivity (Wildman–Crippen MR) is 88.9 cm³/mol. The highest BCUT2D eigenvalue weighted by Crippen LogP contribution is 2.26. The fourth-order valence-electron chi connectivity index (χ4n) is 2.90. The van der Waals surface area contributed by atoms with E-state index < -0.39 is 10.0 Å². The van der Waals surface area contributed by atoms with E-state index in [9.17, 15) is 8.42 Å². The lowest BCUT2D eigenvalue weighted by atomic mass is 10.1. The van der Waals surface area contributed by atoms with Crippen molar-refractivity contribution in [2.45, 2.75) is 24.2 Å². The van der Waals surface area contributed by atoms with E-state index in [1.807, 2.05) is 6.07 Å². The van der Waals surface area contributed by atoms with Crippen LogP contribution in [-0.2, 0) is 22.9 Å². The lowest BCUT2D eigenvalue weighted by molar-refractivity contribution is 0.601. The Kier molecular flexibility index (Phi) is 3.53. The molecule has 0 amide bonds. The van der Waals surface area contributed by atoms with E-state index in [0.29, 0.717) is 16.4 Å². The number of fused-ring (bicyclic) bond motifs is 1. The molecule has 3 aromatic rings. The van der Waals surface area contributed by atoms with Crippen LogP contribution in [0.5, 0.6) is 0 Å². The number of rotatable bonds is 4. The van der Waals surface area contributed by atoms with Gasteiger partial charge in [0.2, 0.25) is 5.82 Å². The van der Waals surface area contributed by atoms with Crippen LogP contribution in [0.3, 0.4) is 0 Å². The van der Waals surface area contributed by atoms with E-state index >= 15 is 0 Å². The summed E-state index contributed by atoms with van der Waals surface area (Å²) in [7, 11) is -3.60. The van der Waals surface area contributed by atoms with Crippen LogP contribution < -0.4 is 4.72 Å². The molecule has 0 radical (unpaired) electrons. The maximum atomic E-state index is 12.6. The molecule has 1 aromatic heterocycles. The Balaban J connectivity index is 1.57. The number of benzene rings is 2. The second-order valence-electron chi connectivity index (χ2n) is 5.70. The highest BCUT2D eigenvalue weighted by Gasteiger charge is 2.18. The lowest BCUT2D eigenvalue weighted by Gasteiger charge is -2.10. The van der Waals surface area contributed by atoms with Crippen LogP contribution in [0.25, 0.3) is 11.4 Å². The Hall–Kier alpha value is -2.74. The maximum Gasteiger partial charge on any atom is 0.261 e. The first kappa shape index (κ1) is 14.8. The number of hydrogen-bond donors (Lipinski definition) is 2. The van der Waals surface area contributed by atoms with Crippen molar-refractivity contribution in [1.29, 1.82) is 0 Å². The molecule has 0 spiro atoms.